The maximum Gasteiger partial charge on any atom is 0.256 e. The van der Waals surface area contributed by atoms with Crippen molar-refractivity contribution >= 4 is 11.7 Å². The molecule has 33 heavy (non-hydrogen) atoms. The van der Waals surface area contributed by atoms with Gasteiger partial charge in [-0.2, -0.15) is 0 Å². The van der Waals surface area contributed by atoms with Crippen LogP contribution >= 0.6 is 0 Å². The summed E-state index contributed by atoms with van der Waals surface area (Å²) in [5.74, 6) is 2.23. The lowest BCUT2D eigenvalue weighted by molar-refractivity contribution is 0.0826. The van der Waals surface area contributed by atoms with E-state index in [1.54, 1.807) is 44.2 Å². The molecule has 10 heteroatoms. The van der Waals surface area contributed by atoms with Gasteiger partial charge in [0, 0.05) is 58.6 Å². The monoisotopic (exact) mass is 447 g/mol. The molecule has 0 unspecified atom stereocenters. The number of fused-ring (bicyclic) bond motifs is 1. The molecular formula is C23H25N7O3. The fourth-order valence-corrected chi connectivity index (χ4v) is 3.26. The molecule has 170 valence electrons. The second kappa shape index (κ2) is 10.1. The third-order valence-electron chi connectivity index (χ3n) is 4.93. The molecule has 0 aliphatic rings. The first-order valence-corrected chi connectivity index (χ1v) is 10.5. The van der Waals surface area contributed by atoms with Crippen LogP contribution in [0.2, 0.25) is 0 Å². The smallest absolute Gasteiger partial charge is 0.256 e. The van der Waals surface area contributed by atoms with Gasteiger partial charge in [0.15, 0.2) is 11.6 Å². The number of amides is 1. The fourth-order valence-electron chi connectivity index (χ4n) is 3.26. The first-order chi connectivity index (χ1) is 16.0. The van der Waals surface area contributed by atoms with E-state index >= 15 is 0 Å². The summed E-state index contributed by atoms with van der Waals surface area (Å²) in [6.07, 6.45) is 7.89. The zero-order valence-corrected chi connectivity index (χ0v) is 18.8. The van der Waals surface area contributed by atoms with Gasteiger partial charge in [0.25, 0.3) is 11.7 Å². The highest BCUT2D eigenvalue weighted by Gasteiger charge is 2.14. The molecule has 0 aliphatic carbocycles. The lowest BCUT2D eigenvalue weighted by atomic mass is 10.1. The largest absolute Gasteiger partial charge is 0.490 e. The van der Waals surface area contributed by atoms with Gasteiger partial charge in [-0.15, -0.1) is 10.2 Å². The van der Waals surface area contributed by atoms with Gasteiger partial charge in [0.2, 0.25) is 0 Å². The van der Waals surface area contributed by atoms with Crippen molar-refractivity contribution in [1.82, 2.24) is 34.4 Å². The van der Waals surface area contributed by atoms with Gasteiger partial charge in [-0.1, -0.05) is 18.2 Å². The zero-order valence-electron chi connectivity index (χ0n) is 18.8. The third kappa shape index (κ3) is 5.29. The first-order valence-electron chi connectivity index (χ1n) is 10.5. The molecule has 10 nitrogen and oxygen atoms in total. The van der Waals surface area contributed by atoms with Crippen LogP contribution in [0.1, 0.15) is 28.2 Å². The van der Waals surface area contributed by atoms with E-state index in [0.29, 0.717) is 48.4 Å². The second-order valence-corrected chi connectivity index (χ2v) is 7.64. The van der Waals surface area contributed by atoms with E-state index in [0.717, 1.165) is 17.5 Å². The summed E-state index contributed by atoms with van der Waals surface area (Å²) in [6.45, 7) is 1.20. The summed E-state index contributed by atoms with van der Waals surface area (Å²) in [7, 11) is 5.07. The van der Waals surface area contributed by atoms with Crippen LogP contribution in [0.5, 0.6) is 5.75 Å². The number of carbonyl (C=O) groups excluding carboxylic acids is 1. The second-order valence-electron chi connectivity index (χ2n) is 7.64. The van der Waals surface area contributed by atoms with E-state index in [1.807, 2.05) is 24.3 Å². The van der Waals surface area contributed by atoms with E-state index < -0.39 is 0 Å². The fraction of sp³-hybridized carbons (Fsp3) is 0.304. The molecule has 1 amide bonds. The molecule has 1 aromatic carbocycles. The molecule has 4 aromatic rings. The minimum absolute atomic E-state index is 0.130. The molecule has 0 spiro atoms. The number of rotatable bonds is 9. The standard InChI is InChI=1S/C23H25N7O3/c1-29(2)22(31)18-12-26-23-28-27-20(30(23)15-18)11-16-6-4-7-17(10-16)21-24-13-19(14-25-21)33-9-5-8-32-3/h4,6-7,10,12-15H,5,8-9,11H2,1-3H3. The molecule has 0 saturated carbocycles. The number of hydrogen-bond donors (Lipinski definition) is 0. The van der Waals surface area contributed by atoms with Crippen LogP contribution < -0.4 is 4.74 Å². The van der Waals surface area contributed by atoms with Crippen molar-refractivity contribution in [3.05, 3.63) is 66.0 Å². The average Bonchev–Trinajstić information content (AvgIpc) is 3.23. The molecule has 0 aliphatic heterocycles. The van der Waals surface area contributed by atoms with Gasteiger partial charge in [0.1, 0.15) is 5.82 Å². The number of benzene rings is 1. The summed E-state index contributed by atoms with van der Waals surface area (Å²) >= 11 is 0. The average molecular weight is 447 g/mol. The Hall–Kier alpha value is -3.92. The van der Waals surface area contributed by atoms with Crippen LogP contribution in [0, 0.1) is 0 Å². The Morgan fingerprint density at radius 3 is 2.64 bits per heavy atom. The summed E-state index contributed by atoms with van der Waals surface area (Å²) in [6, 6.07) is 7.92. The molecule has 3 aromatic heterocycles. The van der Waals surface area contributed by atoms with E-state index in [1.165, 1.54) is 11.1 Å². The highest BCUT2D eigenvalue weighted by atomic mass is 16.5. The highest BCUT2D eigenvalue weighted by Crippen LogP contribution is 2.20. The van der Waals surface area contributed by atoms with Crippen LogP contribution in [0.4, 0.5) is 0 Å². The van der Waals surface area contributed by atoms with Crippen LogP contribution in [-0.2, 0) is 11.2 Å². The Labute approximate surface area is 191 Å². The Morgan fingerprint density at radius 1 is 1.06 bits per heavy atom. The predicted octanol–water partition coefficient (Wildman–Crippen LogP) is 2.29. The quantitative estimate of drug-likeness (QED) is 0.360. The molecule has 0 fully saturated rings. The van der Waals surface area contributed by atoms with Crippen LogP contribution in [0.15, 0.2) is 49.1 Å². The van der Waals surface area contributed by atoms with Crippen molar-refractivity contribution in [3.63, 3.8) is 0 Å². The van der Waals surface area contributed by atoms with Gasteiger partial charge < -0.3 is 14.4 Å². The lowest BCUT2D eigenvalue weighted by Gasteiger charge is -2.10. The minimum Gasteiger partial charge on any atom is -0.490 e. The van der Waals surface area contributed by atoms with Gasteiger partial charge in [-0.25, -0.2) is 15.0 Å². The third-order valence-corrected chi connectivity index (χ3v) is 4.93. The molecule has 4 rings (SSSR count). The summed E-state index contributed by atoms with van der Waals surface area (Å²) in [4.78, 5) is 26.9. The topological polar surface area (TPSA) is 108 Å². The van der Waals surface area contributed by atoms with Crippen LogP contribution in [0.25, 0.3) is 17.2 Å². The van der Waals surface area contributed by atoms with E-state index in [2.05, 4.69) is 25.1 Å². The van der Waals surface area contributed by atoms with Crippen LogP contribution in [-0.4, -0.2) is 74.8 Å². The summed E-state index contributed by atoms with van der Waals surface area (Å²) in [5.41, 5.74) is 2.36. The van der Waals surface area contributed by atoms with Gasteiger partial charge in [0.05, 0.1) is 24.6 Å². The van der Waals surface area contributed by atoms with Crippen LogP contribution in [0.3, 0.4) is 0 Å². The SMILES string of the molecule is COCCCOc1cnc(-c2cccc(Cc3nnc4ncc(C(=O)N(C)C)cn34)c2)nc1. The molecule has 3 heterocycles. The number of methoxy groups -OCH3 is 1. The first kappa shape index (κ1) is 22.3. The Morgan fingerprint density at radius 2 is 1.88 bits per heavy atom. The van der Waals surface area contributed by atoms with Gasteiger partial charge in [-0.3, -0.25) is 9.20 Å². The Kier molecular flexibility index (Phi) is 6.84. The molecule has 0 radical (unpaired) electrons. The maximum atomic E-state index is 12.3. The maximum absolute atomic E-state index is 12.3. The van der Waals surface area contributed by atoms with E-state index in [9.17, 15) is 4.79 Å². The normalized spacial score (nSPS) is 11.0. The molecule has 0 bridgehead atoms. The molecule has 0 N–H and O–H groups in total. The van der Waals surface area contributed by atoms with Gasteiger partial charge in [-0.05, 0) is 11.6 Å². The van der Waals surface area contributed by atoms with Crippen molar-refractivity contribution in [1.29, 1.82) is 0 Å². The number of carbonyl (C=O) groups is 1. The zero-order chi connectivity index (χ0) is 23.2. The molecule has 0 saturated heterocycles. The van der Waals surface area contributed by atoms with Gasteiger partial charge >= 0.3 is 0 Å². The van der Waals surface area contributed by atoms with E-state index in [-0.39, 0.29) is 5.91 Å². The van der Waals surface area contributed by atoms with Crippen molar-refractivity contribution in [2.45, 2.75) is 12.8 Å². The Balaban J connectivity index is 1.51. The minimum atomic E-state index is -0.130. The molecule has 0 atom stereocenters. The lowest BCUT2D eigenvalue weighted by Crippen LogP contribution is -2.22. The van der Waals surface area contributed by atoms with E-state index in [4.69, 9.17) is 9.47 Å². The highest BCUT2D eigenvalue weighted by molar-refractivity contribution is 5.93. The number of nitrogens with zero attached hydrogens (tertiary/aromatic N) is 7. The Bertz CT molecular complexity index is 1240. The predicted molar refractivity (Wildman–Crippen MR) is 121 cm³/mol. The van der Waals surface area contributed by atoms with Crippen molar-refractivity contribution < 1.29 is 14.3 Å². The van der Waals surface area contributed by atoms with Crippen molar-refractivity contribution in [3.8, 4) is 17.1 Å². The number of ether oxygens (including phenoxy) is 2. The number of aromatic nitrogens is 6. The van der Waals surface area contributed by atoms with Crippen molar-refractivity contribution in [2.75, 3.05) is 34.4 Å². The number of hydrogen-bond acceptors (Lipinski definition) is 8. The summed E-state index contributed by atoms with van der Waals surface area (Å²) in [5, 5.41) is 8.38. The molecular weight excluding hydrogens is 422 g/mol. The summed E-state index contributed by atoms with van der Waals surface area (Å²) < 4.78 is 12.4. The van der Waals surface area contributed by atoms with Crippen molar-refractivity contribution in [2.24, 2.45) is 0 Å².